The maximum Gasteiger partial charge on any atom is 0.257 e. The van der Waals surface area contributed by atoms with E-state index < -0.39 is 0 Å². The van der Waals surface area contributed by atoms with Crippen molar-refractivity contribution in [2.75, 3.05) is 50.3 Å². The lowest BCUT2D eigenvalue weighted by molar-refractivity contribution is -0.119. The zero-order valence-corrected chi connectivity index (χ0v) is 14.0. The van der Waals surface area contributed by atoms with Crippen LogP contribution in [0.2, 0.25) is 0 Å². The Hall–Kier alpha value is -1.93. The van der Waals surface area contributed by atoms with Crippen molar-refractivity contribution in [1.29, 1.82) is 0 Å². The molecule has 7 nitrogen and oxygen atoms in total. The highest BCUT2D eigenvalue weighted by Gasteiger charge is 2.23. The molecule has 1 saturated heterocycles. The average Bonchev–Trinajstić information content (AvgIpc) is 2.61. The molecule has 1 aromatic rings. The Morgan fingerprint density at radius 1 is 1.39 bits per heavy atom. The number of amides is 2. The van der Waals surface area contributed by atoms with E-state index in [9.17, 15) is 9.59 Å². The Bertz CT molecular complexity index is 548. The maximum atomic E-state index is 12.6. The SMILES string of the molecule is COc1cc(NSCCN)ccc1C(=O)N1CCN(C=O)CC1. The number of carbonyl (C=O) groups is 2. The minimum Gasteiger partial charge on any atom is -0.496 e. The van der Waals surface area contributed by atoms with E-state index in [1.165, 1.54) is 11.9 Å². The van der Waals surface area contributed by atoms with E-state index in [-0.39, 0.29) is 5.91 Å². The van der Waals surface area contributed by atoms with Crippen molar-refractivity contribution in [3.63, 3.8) is 0 Å². The number of hydrogen-bond donors (Lipinski definition) is 2. The van der Waals surface area contributed by atoms with Crippen LogP contribution in [0.5, 0.6) is 5.75 Å². The van der Waals surface area contributed by atoms with Gasteiger partial charge < -0.3 is 25.0 Å². The second-order valence-corrected chi connectivity index (χ2v) is 5.99. The molecule has 0 saturated carbocycles. The molecule has 1 aliphatic rings. The van der Waals surface area contributed by atoms with Crippen molar-refractivity contribution >= 4 is 30.0 Å². The van der Waals surface area contributed by atoms with Gasteiger partial charge in [0.1, 0.15) is 5.75 Å². The van der Waals surface area contributed by atoms with E-state index in [1.54, 1.807) is 29.0 Å². The van der Waals surface area contributed by atoms with Crippen molar-refractivity contribution in [1.82, 2.24) is 9.80 Å². The van der Waals surface area contributed by atoms with Crippen LogP contribution in [0.15, 0.2) is 18.2 Å². The first-order valence-electron chi connectivity index (χ1n) is 7.44. The molecule has 2 amide bonds. The highest BCUT2D eigenvalue weighted by Crippen LogP contribution is 2.26. The Morgan fingerprint density at radius 3 is 2.74 bits per heavy atom. The van der Waals surface area contributed by atoms with E-state index in [2.05, 4.69) is 4.72 Å². The highest BCUT2D eigenvalue weighted by molar-refractivity contribution is 8.00. The highest BCUT2D eigenvalue weighted by atomic mass is 32.2. The van der Waals surface area contributed by atoms with Crippen LogP contribution in [-0.2, 0) is 4.79 Å². The van der Waals surface area contributed by atoms with Gasteiger partial charge in [-0.15, -0.1) is 0 Å². The molecular weight excluding hydrogens is 316 g/mol. The summed E-state index contributed by atoms with van der Waals surface area (Å²) in [6.07, 6.45) is 0.821. The van der Waals surface area contributed by atoms with E-state index in [0.717, 1.165) is 17.9 Å². The third kappa shape index (κ3) is 4.52. The van der Waals surface area contributed by atoms with Crippen LogP contribution < -0.4 is 15.2 Å². The lowest BCUT2D eigenvalue weighted by atomic mass is 10.1. The van der Waals surface area contributed by atoms with Gasteiger partial charge in [0.05, 0.1) is 12.7 Å². The second-order valence-electron chi connectivity index (χ2n) is 5.09. The Labute approximate surface area is 140 Å². The molecule has 0 aromatic heterocycles. The maximum absolute atomic E-state index is 12.6. The number of ether oxygens (including phenoxy) is 1. The number of nitrogens with one attached hydrogen (secondary N) is 1. The molecule has 0 aliphatic carbocycles. The molecule has 0 bridgehead atoms. The van der Waals surface area contributed by atoms with E-state index >= 15 is 0 Å². The third-order valence-corrected chi connectivity index (χ3v) is 4.41. The Kier molecular flexibility index (Phi) is 6.54. The summed E-state index contributed by atoms with van der Waals surface area (Å²) in [6.45, 7) is 2.79. The van der Waals surface area contributed by atoms with Crippen LogP contribution >= 0.6 is 11.9 Å². The largest absolute Gasteiger partial charge is 0.496 e. The quantitative estimate of drug-likeness (QED) is 0.431. The number of hydrogen-bond acceptors (Lipinski definition) is 6. The number of anilines is 1. The first-order chi connectivity index (χ1) is 11.2. The number of nitrogens with zero attached hydrogens (tertiary/aromatic N) is 2. The average molecular weight is 338 g/mol. The van der Waals surface area contributed by atoms with Crippen molar-refractivity contribution < 1.29 is 14.3 Å². The second kappa shape index (κ2) is 8.64. The fourth-order valence-corrected chi connectivity index (χ4v) is 2.84. The van der Waals surface area contributed by atoms with Gasteiger partial charge in [0.2, 0.25) is 6.41 Å². The molecule has 2 rings (SSSR count). The molecule has 0 atom stereocenters. The first-order valence-corrected chi connectivity index (χ1v) is 8.42. The molecule has 126 valence electrons. The predicted molar refractivity (Wildman–Crippen MR) is 91.7 cm³/mol. The topological polar surface area (TPSA) is 87.9 Å². The summed E-state index contributed by atoms with van der Waals surface area (Å²) in [6, 6.07) is 5.41. The Morgan fingerprint density at radius 2 is 2.13 bits per heavy atom. The summed E-state index contributed by atoms with van der Waals surface area (Å²) >= 11 is 1.51. The molecule has 1 aromatic carbocycles. The molecular formula is C15H22N4O3S. The predicted octanol–water partition coefficient (Wildman–Crippen LogP) is 0.628. The fourth-order valence-electron chi connectivity index (χ4n) is 2.33. The normalized spacial score (nSPS) is 14.5. The molecule has 1 aliphatic heterocycles. The van der Waals surface area contributed by atoms with E-state index in [0.29, 0.717) is 44.0 Å². The summed E-state index contributed by atoms with van der Waals surface area (Å²) < 4.78 is 8.52. The van der Waals surface area contributed by atoms with E-state index in [4.69, 9.17) is 10.5 Å². The molecule has 0 unspecified atom stereocenters. The molecule has 8 heteroatoms. The summed E-state index contributed by atoms with van der Waals surface area (Å²) in [5.74, 6) is 1.25. The summed E-state index contributed by atoms with van der Waals surface area (Å²) in [5.41, 5.74) is 6.85. The van der Waals surface area contributed by atoms with Crippen LogP contribution in [0.1, 0.15) is 10.4 Å². The van der Waals surface area contributed by atoms with Crippen LogP contribution in [0.3, 0.4) is 0 Å². The van der Waals surface area contributed by atoms with Crippen LogP contribution in [0.4, 0.5) is 5.69 Å². The van der Waals surface area contributed by atoms with Gasteiger partial charge in [-0.3, -0.25) is 9.59 Å². The summed E-state index contributed by atoms with van der Waals surface area (Å²) in [4.78, 5) is 26.8. The fraction of sp³-hybridized carbons (Fsp3) is 0.467. The zero-order chi connectivity index (χ0) is 16.7. The minimum absolute atomic E-state index is 0.0754. The van der Waals surface area contributed by atoms with Crippen molar-refractivity contribution in [3.05, 3.63) is 23.8 Å². The van der Waals surface area contributed by atoms with Gasteiger partial charge in [0.15, 0.2) is 0 Å². The van der Waals surface area contributed by atoms with Gasteiger partial charge in [-0.2, -0.15) is 0 Å². The molecule has 0 spiro atoms. The van der Waals surface area contributed by atoms with E-state index in [1.807, 2.05) is 6.07 Å². The summed E-state index contributed by atoms with van der Waals surface area (Å²) in [7, 11) is 1.55. The molecule has 0 radical (unpaired) electrons. The van der Waals surface area contributed by atoms with Crippen LogP contribution in [0, 0.1) is 0 Å². The molecule has 3 N–H and O–H groups in total. The van der Waals surface area contributed by atoms with Gasteiger partial charge >= 0.3 is 0 Å². The number of benzene rings is 1. The van der Waals surface area contributed by atoms with Crippen molar-refractivity contribution in [2.24, 2.45) is 5.73 Å². The smallest absolute Gasteiger partial charge is 0.257 e. The first kappa shape index (κ1) is 17.4. The monoisotopic (exact) mass is 338 g/mol. The molecule has 23 heavy (non-hydrogen) atoms. The lowest BCUT2D eigenvalue weighted by Gasteiger charge is -2.32. The third-order valence-electron chi connectivity index (χ3n) is 3.59. The number of carbonyl (C=O) groups excluding carboxylic acids is 2. The van der Waals surface area contributed by atoms with Gasteiger partial charge in [-0.1, -0.05) is 11.9 Å². The summed E-state index contributed by atoms with van der Waals surface area (Å²) in [5, 5.41) is 0. The zero-order valence-electron chi connectivity index (χ0n) is 13.2. The van der Waals surface area contributed by atoms with Gasteiger partial charge in [-0.25, -0.2) is 0 Å². The number of methoxy groups -OCH3 is 1. The van der Waals surface area contributed by atoms with Crippen LogP contribution in [-0.4, -0.2) is 67.7 Å². The lowest BCUT2D eigenvalue weighted by Crippen LogP contribution is -2.48. The Balaban J connectivity index is 2.06. The van der Waals surface area contributed by atoms with Gasteiger partial charge in [-0.05, 0) is 12.1 Å². The van der Waals surface area contributed by atoms with Crippen molar-refractivity contribution in [2.45, 2.75) is 0 Å². The number of rotatable bonds is 7. The number of piperazine rings is 1. The number of nitrogens with two attached hydrogens (primary N) is 1. The standard InChI is InChI=1S/C15H22N4O3S/c1-22-14-10-12(17-23-9-4-16)2-3-13(14)15(21)19-7-5-18(11-20)6-8-19/h2-3,10-11,17H,4-9,16H2,1H3. The van der Waals surface area contributed by atoms with Crippen molar-refractivity contribution in [3.8, 4) is 5.75 Å². The molecule has 1 heterocycles. The van der Waals surface area contributed by atoms with Gasteiger partial charge in [0.25, 0.3) is 5.91 Å². The van der Waals surface area contributed by atoms with Gasteiger partial charge in [0, 0.05) is 50.2 Å². The van der Waals surface area contributed by atoms with Crippen LogP contribution in [0.25, 0.3) is 0 Å². The minimum atomic E-state index is -0.0754. The molecule has 1 fully saturated rings.